The Kier molecular flexibility index (Phi) is 6.89. The summed E-state index contributed by atoms with van der Waals surface area (Å²) in [5.74, 6) is -1.02. The molecule has 1 saturated heterocycles. The zero-order valence-corrected chi connectivity index (χ0v) is 17.3. The van der Waals surface area contributed by atoms with Crippen molar-refractivity contribution in [3.63, 3.8) is 0 Å². The SMILES string of the molecule is CC(C)OC(=O)CN1C(=O)S/C(=C/c2ccccc2OCc2ccc(F)cc2)C1=O. The second-order valence-electron chi connectivity index (χ2n) is 6.76. The van der Waals surface area contributed by atoms with E-state index in [0.717, 1.165) is 22.2 Å². The first kappa shape index (κ1) is 21.6. The number of carbonyl (C=O) groups is 3. The second-order valence-corrected chi connectivity index (χ2v) is 7.75. The van der Waals surface area contributed by atoms with Gasteiger partial charge < -0.3 is 9.47 Å². The van der Waals surface area contributed by atoms with Crippen LogP contribution < -0.4 is 4.74 Å². The van der Waals surface area contributed by atoms with Crippen LogP contribution in [-0.2, 0) is 20.9 Å². The van der Waals surface area contributed by atoms with E-state index in [-0.39, 0.29) is 23.4 Å². The van der Waals surface area contributed by atoms with E-state index in [1.165, 1.54) is 12.1 Å². The van der Waals surface area contributed by atoms with E-state index in [1.54, 1.807) is 56.3 Å². The van der Waals surface area contributed by atoms with Crippen LogP contribution in [-0.4, -0.2) is 34.7 Å². The fraction of sp³-hybridized carbons (Fsp3) is 0.227. The number of amides is 2. The summed E-state index contributed by atoms with van der Waals surface area (Å²) in [6.45, 7) is 3.17. The molecule has 1 heterocycles. The van der Waals surface area contributed by atoms with E-state index in [2.05, 4.69) is 0 Å². The lowest BCUT2D eigenvalue weighted by Crippen LogP contribution is -2.35. The van der Waals surface area contributed by atoms with Gasteiger partial charge in [0.05, 0.1) is 11.0 Å². The smallest absolute Gasteiger partial charge is 0.326 e. The van der Waals surface area contributed by atoms with Gasteiger partial charge in [0.15, 0.2) is 0 Å². The average molecular weight is 429 g/mol. The van der Waals surface area contributed by atoms with Crippen LogP contribution in [0.4, 0.5) is 9.18 Å². The zero-order chi connectivity index (χ0) is 21.7. The molecule has 0 aromatic heterocycles. The summed E-state index contributed by atoms with van der Waals surface area (Å²) < 4.78 is 23.9. The van der Waals surface area contributed by atoms with Gasteiger partial charge in [0.2, 0.25) is 0 Å². The molecule has 3 rings (SSSR count). The maximum Gasteiger partial charge on any atom is 0.326 e. The molecule has 0 saturated carbocycles. The van der Waals surface area contributed by atoms with Gasteiger partial charge in [0.25, 0.3) is 11.1 Å². The molecule has 30 heavy (non-hydrogen) atoms. The lowest BCUT2D eigenvalue weighted by atomic mass is 10.1. The molecule has 2 amide bonds. The van der Waals surface area contributed by atoms with E-state index in [4.69, 9.17) is 9.47 Å². The second kappa shape index (κ2) is 9.58. The highest BCUT2D eigenvalue weighted by Crippen LogP contribution is 2.34. The Morgan fingerprint density at radius 3 is 2.53 bits per heavy atom. The molecule has 0 N–H and O–H groups in total. The molecular formula is C22H20FNO5S. The molecule has 8 heteroatoms. The minimum atomic E-state index is -0.642. The van der Waals surface area contributed by atoms with Crippen molar-refractivity contribution in [2.75, 3.05) is 6.54 Å². The largest absolute Gasteiger partial charge is 0.488 e. The van der Waals surface area contributed by atoms with Gasteiger partial charge in [-0.2, -0.15) is 0 Å². The van der Waals surface area contributed by atoms with Crippen molar-refractivity contribution in [3.8, 4) is 5.75 Å². The number of hydrogen-bond acceptors (Lipinski definition) is 6. The van der Waals surface area contributed by atoms with Crippen molar-refractivity contribution >= 4 is 35.0 Å². The van der Waals surface area contributed by atoms with Crippen LogP contribution in [0.25, 0.3) is 6.08 Å². The Morgan fingerprint density at radius 2 is 1.83 bits per heavy atom. The molecule has 0 spiro atoms. The normalized spacial score (nSPS) is 15.2. The number of nitrogens with zero attached hydrogens (tertiary/aromatic N) is 1. The number of carbonyl (C=O) groups excluding carboxylic acids is 3. The average Bonchev–Trinajstić information content (AvgIpc) is 2.95. The van der Waals surface area contributed by atoms with E-state index >= 15 is 0 Å². The van der Waals surface area contributed by atoms with Gasteiger partial charge in [-0.3, -0.25) is 19.3 Å². The van der Waals surface area contributed by atoms with Crippen LogP contribution in [0, 0.1) is 5.82 Å². The Bertz CT molecular complexity index is 987. The van der Waals surface area contributed by atoms with Crippen molar-refractivity contribution in [1.82, 2.24) is 4.90 Å². The summed E-state index contributed by atoms with van der Waals surface area (Å²) in [5.41, 5.74) is 1.39. The van der Waals surface area contributed by atoms with Crippen molar-refractivity contribution in [1.29, 1.82) is 0 Å². The van der Waals surface area contributed by atoms with Crippen LogP contribution in [0.2, 0.25) is 0 Å². The van der Waals surface area contributed by atoms with Crippen molar-refractivity contribution in [3.05, 3.63) is 70.4 Å². The quantitative estimate of drug-likeness (QED) is 0.480. The van der Waals surface area contributed by atoms with E-state index in [0.29, 0.717) is 11.3 Å². The molecule has 6 nitrogen and oxygen atoms in total. The Hall–Kier alpha value is -3.13. The Morgan fingerprint density at radius 1 is 1.13 bits per heavy atom. The van der Waals surface area contributed by atoms with Crippen molar-refractivity contribution in [2.45, 2.75) is 26.6 Å². The van der Waals surface area contributed by atoms with E-state index in [9.17, 15) is 18.8 Å². The lowest BCUT2D eigenvalue weighted by Gasteiger charge is -2.13. The number of ether oxygens (including phenoxy) is 2. The summed E-state index contributed by atoms with van der Waals surface area (Å²) >= 11 is 0.756. The standard InChI is InChI=1S/C22H20FNO5S/c1-14(2)29-20(25)12-24-21(26)19(30-22(24)27)11-16-5-3-4-6-18(16)28-13-15-7-9-17(23)10-8-15/h3-11,14H,12-13H2,1-2H3/b19-11+. The maximum absolute atomic E-state index is 13.0. The van der Waals surface area contributed by atoms with Crippen molar-refractivity contribution < 1.29 is 28.2 Å². The van der Waals surface area contributed by atoms with Gasteiger partial charge in [-0.1, -0.05) is 30.3 Å². The molecule has 0 unspecified atom stereocenters. The van der Waals surface area contributed by atoms with Crippen LogP contribution in [0.15, 0.2) is 53.4 Å². The molecule has 0 radical (unpaired) electrons. The predicted octanol–water partition coefficient (Wildman–Crippen LogP) is 4.39. The first-order valence-corrected chi connectivity index (χ1v) is 10.1. The number of esters is 1. The predicted molar refractivity (Wildman–Crippen MR) is 111 cm³/mol. The third kappa shape index (κ3) is 5.48. The van der Waals surface area contributed by atoms with E-state index < -0.39 is 23.7 Å². The van der Waals surface area contributed by atoms with Gasteiger partial charge in [-0.05, 0) is 55.4 Å². The van der Waals surface area contributed by atoms with E-state index in [1.807, 2.05) is 0 Å². The molecule has 2 aromatic carbocycles. The molecule has 0 bridgehead atoms. The molecular weight excluding hydrogens is 409 g/mol. The molecule has 1 fully saturated rings. The molecule has 2 aromatic rings. The third-order valence-electron chi connectivity index (χ3n) is 4.04. The monoisotopic (exact) mass is 429 g/mol. The molecule has 1 aliphatic rings. The highest BCUT2D eigenvalue weighted by Gasteiger charge is 2.37. The lowest BCUT2D eigenvalue weighted by molar-refractivity contribution is -0.149. The number of benzene rings is 2. The summed E-state index contributed by atoms with van der Waals surface area (Å²) in [4.78, 5) is 37.7. The molecule has 156 valence electrons. The number of imide groups is 1. The maximum atomic E-state index is 13.0. The topological polar surface area (TPSA) is 72.9 Å². The van der Waals surface area contributed by atoms with Crippen molar-refractivity contribution in [2.24, 2.45) is 0 Å². The van der Waals surface area contributed by atoms with Crippen LogP contribution in [0.1, 0.15) is 25.0 Å². The number of thioether (sulfide) groups is 1. The van der Waals surface area contributed by atoms with Crippen LogP contribution >= 0.6 is 11.8 Å². The first-order valence-electron chi connectivity index (χ1n) is 9.24. The fourth-order valence-electron chi connectivity index (χ4n) is 2.68. The van der Waals surface area contributed by atoms with Crippen LogP contribution in [0.3, 0.4) is 0 Å². The number of rotatable bonds is 7. The highest BCUT2D eigenvalue weighted by atomic mass is 32.2. The highest BCUT2D eigenvalue weighted by molar-refractivity contribution is 8.18. The first-order chi connectivity index (χ1) is 14.3. The Balaban J connectivity index is 1.73. The van der Waals surface area contributed by atoms with Gasteiger partial charge in [0.1, 0.15) is 24.7 Å². The fourth-order valence-corrected chi connectivity index (χ4v) is 3.51. The summed E-state index contributed by atoms with van der Waals surface area (Å²) in [6, 6.07) is 13.0. The Labute approximate surface area is 177 Å². The molecule has 0 atom stereocenters. The van der Waals surface area contributed by atoms with Gasteiger partial charge in [-0.15, -0.1) is 0 Å². The van der Waals surface area contributed by atoms with Gasteiger partial charge >= 0.3 is 5.97 Å². The van der Waals surface area contributed by atoms with Crippen LogP contribution in [0.5, 0.6) is 5.75 Å². The number of halogens is 1. The molecule has 0 aliphatic carbocycles. The number of para-hydroxylation sites is 1. The third-order valence-corrected chi connectivity index (χ3v) is 4.95. The van der Waals surface area contributed by atoms with Gasteiger partial charge in [0, 0.05) is 5.56 Å². The minimum absolute atomic E-state index is 0.190. The zero-order valence-electron chi connectivity index (χ0n) is 16.5. The summed E-state index contributed by atoms with van der Waals surface area (Å²) in [7, 11) is 0. The molecule has 1 aliphatic heterocycles. The van der Waals surface area contributed by atoms with Gasteiger partial charge in [-0.25, -0.2) is 4.39 Å². The summed E-state index contributed by atoms with van der Waals surface area (Å²) in [5, 5.41) is -0.531. The summed E-state index contributed by atoms with van der Waals surface area (Å²) in [6.07, 6.45) is 1.22. The number of hydrogen-bond donors (Lipinski definition) is 0. The minimum Gasteiger partial charge on any atom is -0.488 e.